The molecule has 25 heavy (non-hydrogen) atoms. The van der Waals surface area contributed by atoms with E-state index in [1.807, 2.05) is 12.1 Å². The fraction of sp³-hybridized carbons (Fsp3) is 0.235. The van der Waals surface area contributed by atoms with Crippen LogP contribution >= 0.6 is 11.6 Å². The Morgan fingerprint density at radius 3 is 2.88 bits per heavy atom. The summed E-state index contributed by atoms with van der Waals surface area (Å²) in [6.45, 7) is 0.740. The van der Waals surface area contributed by atoms with E-state index in [1.54, 1.807) is 24.3 Å². The van der Waals surface area contributed by atoms with E-state index in [1.165, 1.54) is 13.3 Å². The molecular weight excluding hydrogens is 346 g/mol. The number of hydrogen-bond donors (Lipinski definition) is 2. The maximum atomic E-state index is 11.6. The molecule has 2 aromatic rings. The van der Waals surface area contributed by atoms with Crippen LogP contribution in [0.2, 0.25) is 5.02 Å². The summed E-state index contributed by atoms with van der Waals surface area (Å²) in [6.07, 6.45) is 1.04. The number of carbonyl (C=O) groups is 2. The van der Waals surface area contributed by atoms with E-state index in [-0.39, 0.29) is 6.42 Å². The Kier molecular flexibility index (Phi) is 7.18. The standard InChI is InChI=1S/C17H18ClN3O4/c1-24-8-7-19-16(22)10-17(23)21-20-11-14-5-6-15(25-14)12-3-2-4-13(18)9-12/h2-6,9,11H,7-8,10H2,1H3,(H,19,22)(H,21,23)/b20-11-. The maximum Gasteiger partial charge on any atom is 0.249 e. The lowest BCUT2D eigenvalue weighted by Gasteiger charge is -2.03. The van der Waals surface area contributed by atoms with E-state index in [2.05, 4.69) is 15.8 Å². The Morgan fingerprint density at radius 2 is 2.12 bits per heavy atom. The van der Waals surface area contributed by atoms with Crippen LogP contribution in [-0.4, -0.2) is 38.3 Å². The summed E-state index contributed by atoms with van der Waals surface area (Å²) in [5.41, 5.74) is 3.10. The van der Waals surface area contributed by atoms with Crippen LogP contribution in [0.4, 0.5) is 0 Å². The Balaban J connectivity index is 1.82. The van der Waals surface area contributed by atoms with Gasteiger partial charge >= 0.3 is 0 Å². The van der Waals surface area contributed by atoms with Crippen molar-refractivity contribution in [3.63, 3.8) is 0 Å². The summed E-state index contributed by atoms with van der Waals surface area (Å²) in [5, 5.41) is 6.92. The minimum atomic E-state index is -0.521. The van der Waals surface area contributed by atoms with Crippen molar-refractivity contribution in [3.8, 4) is 11.3 Å². The molecule has 0 radical (unpaired) electrons. The van der Waals surface area contributed by atoms with Crippen molar-refractivity contribution in [1.82, 2.24) is 10.7 Å². The lowest BCUT2D eigenvalue weighted by molar-refractivity contribution is -0.129. The summed E-state index contributed by atoms with van der Waals surface area (Å²) >= 11 is 5.95. The average molecular weight is 364 g/mol. The smallest absolute Gasteiger partial charge is 0.249 e. The largest absolute Gasteiger partial charge is 0.455 e. The molecule has 0 saturated carbocycles. The second kappa shape index (κ2) is 9.61. The second-order valence-corrected chi connectivity index (χ2v) is 5.46. The molecule has 0 bridgehead atoms. The quantitative estimate of drug-likeness (QED) is 0.325. The van der Waals surface area contributed by atoms with Crippen LogP contribution in [0.3, 0.4) is 0 Å². The van der Waals surface area contributed by atoms with Crippen molar-refractivity contribution in [2.24, 2.45) is 5.10 Å². The number of halogens is 1. The van der Waals surface area contributed by atoms with Gasteiger partial charge in [0.1, 0.15) is 17.9 Å². The third kappa shape index (κ3) is 6.40. The van der Waals surface area contributed by atoms with E-state index in [4.69, 9.17) is 20.8 Å². The van der Waals surface area contributed by atoms with Crippen molar-refractivity contribution in [2.45, 2.75) is 6.42 Å². The number of furan rings is 1. The monoisotopic (exact) mass is 363 g/mol. The summed E-state index contributed by atoms with van der Waals surface area (Å²) in [4.78, 5) is 23.0. The van der Waals surface area contributed by atoms with Crippen molar-refractivity contribution in [1.29, 1.82) is 0 Å². The van der Waals surface area contributed by atoms with Gasteiger partial charge in [0.05, 0.1) is 12.8 Å². The first-order chi connectivity index (χ1) is 12.1. The average Bonchev–Trinajstić information content (AvgIpc) is 3.04. The number of nitrogens with one attached hydrogen (secondary N) is 2. The molecule has 2 rings (SSSR count). The van der Waals surface area contributed by atoms with Crippen LogP contribution in [0.5, 0.6) is 0 Å². The normalized spacial score (nSPS) is 10.8. The van der Waals surface area contributed by atoms with Crippen molar-refractivity contribution >= 4 is 29.6 Å². The molecule has 2 N–H and O–H groups in total. The zero-order valence-corrected chi connectivity index (χ0v) is 14.4. The number of ether oxygens (including phenoxy) is 1. The first kappa shape index (κ1) is 18.7. The fourth-order valence-electron chi connectivity index (χ4n) is 1.93. The molecule has 1 heterocycles. The van der Waals surface area contributed by atoms with Gasteiger partial charge in [0.15, 0.2) is 0 Å². The Labute approximate surface area is 150 Å². The number of nitrogens with zero attached hydrogens (tertiary/aromatic N) is 1. The highest BCUT2D eigenvalue weighted by Gasteiger charge is 2.08. The molecule has 0 aliphatic carbocycles. The highest BCUT2D eigenvalue weighted by molar-refractivity contribution is 6.30. The van der Waals surface area contributed by atoms with Crippen LogP contribution in [0.25, 0.3) is 11.3 Å². The van der Waals surface area contributed by atoms with E-state index in [9.17, 15) is 9.59 Å². The molecule has 1 aromatic carbocycles. The molecule has 0 atom stereocenters. The summed E-state index contributed by atoms with van der Waals surface area (Å²) in [6, 6.07) is 10.7. The van der Waals surface area contributed by atoms with E-state index >= 15 is 0 Å². The van der Waals surface area contributed by atoms with Gasteiger partial charge in [-0.3, -0.25) is 9.59 Å². The van der Waals surface area contributed by atoms with Crippen molar-refractivity contribution in [2.75, 3.05) is 20.3 Å². The second-order valence-electron chi connectivity index (χ2n) is 5.03. The number of benzene rings is 1. The van der Waals surface area contributed by atoms with Gasteiger partial charge in [0.2, 0.25) is 11.8 Å². The number of carbonyl (C=O) groups excluding carboxylic acids is 2. The van der Waals surface area contributed by atoms with Crippen LogP contribution in [-0.2, 0) is 14.3 Å². The zero-order chi connectivity index (χ0) is 18.1. The van der Waals surface area contributed by atoms with E-state index in [0.717, 1.165) is 5.56 Å². The molecule has 1 aromatic heterocycles. The minimum Gasteiger partial charge on any atom is -0.455 e. The van der Waals surface area contributed by atoms with Gasteiger partial charge in [0, 0.05) is 24.2 Å². The van der Waals surface area contributed by atoms with Gasteiger partial charge in [-0.1, -0.05) is 23.7 Å². The molecule has 0 aliphatic heterocycles. The van der Waals surface area contributed by atoms with E-state index < -0.39 is 11.8 Å². The van der Waals surface area contributed by atoms with Crippen molar-refractivity contribution < 1.29 is 18.7 Å². The molecule has 0 fully saturated rings. The van der Waals surface area contributed by atoms with Crippen LogP contribution in [0.1, 0.15) is 12.2 Å². The molecule has 132 valence electrons. The zero-order valence-electron chi connectivity index (χ0n) is 13.6. The first-order valence-electron chi connectivity index (χ1n) is 7.52. The number of methoxy groups -OCH3 is 1. The molecule has 0 saturated heterocycles. The Morgan fingerprint density at radius 1 is 1.28 bits per heavy atom. The predicted octanol–water partition coefficient (Wildman–Crippen LogP) is 2.20. The van der Waals surface area contributed by atoms with Gasteiger partial charge < -0.3 is 14.5 Å². The van der Waals surface area contributed by atoms with Gasteiger partial charge in [-0.05, 0) is 24.3 Å². The van der Waals surface area contributed by atoms with Crippen LogP contribution in [0, 0.1) is 0 Å². The molecule has 0 spiro atoms. The molecule has 0 aliphatic rings. The van der Waals surface area contributed by atoms with Crippen LogP contribution in [0.15, 0.2) is 45.9 Å². The Bertz CT molecular complexity index is 758. The topological polar surface area (TPSA) is 92.9 Å². The third-order valence-electron chi connectivity index (χ3n) is 3.07. The number of amides is 2. The van der Waals surface area contributed by atoms with Crippen molar-refractivity contribution in [3.05, 3.63) is 47.2 Å². The lowest BCUT2D eigenvalue weighted by atomic mass is 10.2. The number of hydrogen-bond acceptors (Lipinski definition) is 5. The Hall–Kier alpha value is -2.64. The molecular formula is C17H18ClN3O4. The summed E-state index contributed by atoms with van der Waals surface area (Å²) in [5.74, 6) is 0.173. The van der Waals surface area contributed by atoms with Gasteiger partial charge in [-0.15, -0.1) is 0 Å². The fourth-order valence-corrected chi connectivity index (χ4v) is 2.12. The van der Waals surface area contributed by atoms with Gasteiger partial charge in [0.25, 0.3) is 0 Å². The molecule has 8 heteroatoms. The SMILES string of the molecule is COCCNC(=O)CC(=O)N/N=C\c1ccc(-c2cccc(Cl)c2)o1. The minimum absolute atomic E-state index is 0.313. The summed E-state index contributed by atoms with van der Waals surface area (Å²) in [7, 11) is 1.53. The highest BCUT2D eigenvalue weighted by atomic mass is 35.5. The predicted molar refractivity (Wildman–Crippen MR) is 94.4 cm³/mol. The highest BCUT2D eigenvalue weighted by Crippen LogP contribution is 2.24. The van der Waals surface area contributed by atoms with Gasteiger partial charge in [-0.2, -0.15) is 5.10 Å². The maximum absolute atomic E-state index is 11.6. The third-order valence-corrected chi connectivity index (χ3v) is 3.30. The molecule has 2 amide bonds. The van der Waals surface area contributed by atoms with Gasteiger partial charge in [-0.25, -0.2) is 5.43 Å². The first-order valence-corrected chi connectivity index (χ1v) is 7.89. The molecule has 0 unspecified atom stereocenters. The van der Waals surface area contributed by atoms with Crippen LogP contribution < -0.4 is 10.7 Å². The summed E-state index contributed by atoms with van der Waals surface area (Å²) < 4.78 is 10.4. The number of hydrazone groups is 1. The van der Waals surface area contributed by atoms with E-state index in [0.29, 0.717) is 29.7 Å². The molecule has 7 nitrogen and oxygen atoms in total. The number of rotatable bonds is 8. The lowest BCUT2D eigenvalue weighted by Crippen LogP contribution is -2.31.